The Hall–Kier alpha value is -2.40. The Bertz CT molecular complexity index is 901. The van der Waals surface area contributed by atoms with Crippen molar-refractivity contribution < 1.29 is 14.7 Å². The molecule has 29 heavy (non-hydrogen) atoms. The van der Waals surface area contributed by atoms with Gasteiger partial charge in [0.25, 0.3) is 0 Å². The Balaban J connectivity index is 1.46. The van der Waals surface area contributed by atoms with E-state index < -0.39 is 6.09 Å². The van der Waals surface area contributed by atoms with Gasteiger partial charge in [0.2, 0.25) is 0 Å². The number of aromatic nitrogens is 1. The lowest BCUT2D eigenvalue weighted by atomic mass is 9.76. The summed E-state index contributed by atoms with van der Waals surface area (Å²) in [5.74, 6) is 1.01. The van der Waals surface area contributed by atoms with Crippen LogP contribution in [-0.2, 0) is 6.54 Å². The predicted octanol–water partition coefficient (Wildman–Crippen LogP) is 5.54. The second-order valence-electron chi connectivity index (χ2n) is 8.14. The van der Waals surface area contributed by atoms with Gasteiger partial charge in [-0.3, -0.25) is 4.79 Å². The lowest BCUT2D eigenvalue weighted by Crippen LogP contribution is -2.25. The maximum atomic E-state index is 13.3. The zero-order valence-corrected chi connectivity index (χ0v) is 17.0. The number of pyridine rings is 1. The van der Waals surface area contributed by atoms with Gasteiger partial charge in [-0.05, 0) is 79.7 Å². The number of halogens is 1. The number of carbonyl (C=O) groups is 2. The molecule has 0 unspecified atom stereocenters. The third-order valence-electron chi connectivity index (χ3n) is 6.09. The third-order valence-corrected chi connectivity index (χ3v) is 6.35. The van der Waals surface area contributed by atoms with Gasteiger partial charge in [-0.25, -0.2) is 9.78 Å². The molecule has 0 saturated heterocycles. The first-order valence-electron chi connectivity index (χ1n) is 10.3. The number of hydrogen-bond acceptors (Lipinski definition) is 3. The van der Waals surface area contributed by atoms with Crippen LogP contribution in [0.5, 0.6) is 0 Å². The average Bonchev–Trinajstić information content (AvgIpc) is 3.57. The molecular weight excluding hydrogens is 388 g/mol. The number of carboxylic acid groups (broad SMARTS) is 1. The maximum Gasteiger partial charge on any atom is 0.404 e. The molecule has 1 amide bonds. The summed E-state index contributed by atoms with van der Waals surface area (Å²) in [6.07, 6.45) is 4.78. The van der Waals surface area contributed by atoms with Crippen LogP contribution >= 0.6 is 11.6 Å². The molecule has 2 aliphatic carbocycles. The monoisotopic (exact) mass is 412 g/mol. The molecular formula is C23H25ClN2O3. The van der Waals surface area contributed by atoms with Crippen molar-refractivity contribution in [1.29, 1.82) is 0 Å². The van der Waals surface area contributed by atoms with Crippen LogP contribution in [-0.4, -0.2) is 22.0 Å². The molecule has 1 aromatic carbocycles. The van der Waals surface area contributed by atoms with Crippen molar-refractivity contribution in [2.75, 3.05) is 0 Å². The van der Waals surface area contributed by atoms with Gasteiger partial charge in [0.1, 0.15) is 5.69 Å². The van der Waals surface area contributed by atoms with Crippen LogP contribution in [0.25, 0.3) is 0 Å². The molecule has 152 valence electrons. The Morgan fingerprint density at radius 1 is 0.966 bits per heavy atom. The summed E-state index contributed by atoms with van der Waals surface area (Å²) in [4.78, 5) is 28.7. The van der Waals surface area contributed by atoms with E-state index in [0.29, 0.717) is 23.2 Å². The fourth-order valence-electron chi connectivity index (χ4n) is 4.31. The minimum absolute atomic E-state index is 0.00812. The van der Waals surface area contributed by atoms with Crippen LogP contribution in [0.3, 0.4) is 0 Å². The fraction of sp³-hybridized carbons (Fsp3) is 0.435. The van der Waals surface area contributed by atoms with Crippen molar-refractivity contribution in [3.8, 4) is 0 Å². The van der Waals surface area contributed by atoms with Gasteiger partial charge in [0.05, 0.1) is 12.2 Å². The molecule has 0 aliphatic heterocycles. The van der Waals surface area contributed by atoms with E-state index in [4.69, 9.17) is 16.7 Å². The molecule has 2 aliphatic rings. The van der Waals surface area contributed by atoms with Crippen LogP contribution in [0.1, 0.15) is 77.7 Å². The quantitative estimate of drug-likeness (QED) is 0.610. The molecule has 2 fully saturated rings. The summed E-state index contributed by atoms with van der Waals surface area (Å²) < 4.78 is 0. The van der Waals surface area contributed by atoms with E-state index in [9.17, 15) is 9.59 Å². The molecule has 5 nitrogen and oxygen atoms in total. The van der Waals surface area contributed by atoms with Gasteiger partial charge in [-0.15, -0.1) is 0 Å². The number of Topliss-reactive ketones (excluding diaryl/α,β-unsaturated/α-hetero) is 1. The van der Waals surface area contributed by atoms with E-state index >= 15 is 0 Å². The molecule has 0 atom stereocenters. The standard InChI is InChI=1S/C23H25ClN2O3/c24-18-9-7-15(8-10-18)14-1-5-17(6-2-14)22(27)21-20(16-3-4-16)12-11-19(26-21)13-25-23(28)29/h7-12,14,16-17,25H,1-6,13H2,(H,28,29). The van der Waals surface area contributed by atoms with Gasteiger partial charge >= 0.3 is 6.09 Å². The first-order valence-corrected chi connectivity index (χ1v) is 10.7. The highest BCUT2D eigenvalue weighted by Gasteiger charge is 2.33. The van der Waals surface area contributed by atoms with Crippen molar-refractivity contribution in [1.82, 2.24) is 10.3 Å². The van der Waals surface area contributed by atoms with Crippen LogP contribution in [0.2, 0.25) is 5.02 Å². The largest absolute Gasteiger partial charge is 0.465 e. The minimum Gasteiger partial charge on any atom is -0.465 e. The number of amides is 1. The number of ketones is 1. The summed E-state index contributed by atoms with van der Waals surface area (Å²) in [6.45, 7) is 0.115. The zero-order chi connectivity index (χ0) is 20.4. The van der Waals surface area contributed by atoms with Crippen molar-refractivity contribution >= 4 is 23.5 Å². The van der Waals surface area contributed by atoms with Crippen LogP contribution in [0, 0.1) is 5.92 Å². The van der Waals surface area contributed by atoms with E-state index in [1.54, 1.807) is 0 Å². The highest BCUT2D eigenvalue weighted by atomic mass is 35.5. The first-order chi connectivity index (χ1) is 14.0. The number of hydrogen-bond donors (Lipinski definition) is 2. The molecule has 6 heteroatoms. The predicted molar refractivity (Wildman–Crippen MR) is 112 cm³/mol. The first kappa shape index (κ1) is 19.9. The lowest BCUT2D eigenvalue weighted by molar-refractivity contribution is 0.0877. The van der Waals surface area contributed by atoms with Crippen molar-refractivity contribution in [3.05, 3.63) is 63.9 Å². The smallest absolute Gasteiger partial charge is 0.404 e. The Labute approximate surface area is 175 Å². The second kappa shape index (κ2) is 8.54. The van der Waals surface area contributed by atoms with Crippen molar-refractivity contribution in [2.45, 2.75) is 56.9 Å². The van der Waals surface area contributed by atoms with Crippen molar-refractivity contribution in [2.24, 2.45) is 5.92 Å². The zero-order valence-electron chi connectivity index (χ0n) is 16.2. The van der Waals surface area contributed by atoms with E-state index in [1.165, 1.54) is 5.56 Å². The molecule has 2 aromatic rings. The van der Waals surface area contributed by atoms with E-state index in [1.807, 2.05) is 24.3 Å². The SMILES string of the molecule is O=C(O)NCc1ccc(C2CC2)c(C(=O)C2CCC(c3ccc(Cl)cc3)CC2)n1. The van der Waals surface area contributed by atoms with Gasteiger partial charge in [0, 0.05) is 10.9 Å². The Kier molecular flexibility index (Phi) is 5.86. The highest BCUT2D eigenvalue weighted by molar-refractivity contribution is 6.30. The molecule has 0 radical (unpaired) electrons. The molecule has 0 bridgehead atoms. The van der Waals surface area contributed by atoms with Crippen molar-refractivity contribution in [3.63, 3.8) is 0 Å². The number of nitrogens with one attached hydrogen (secondary N) is 1. The number of rotatable bonds is 6. The Morgan fingerprint density at radius 3 is 2.24 bits per heavy atom. The number of benzene rings is 1. The Morgan fingerprint density at radius 2 is 1.62 bits per heavy atom. The third kappa shape index (κ3) is 4.78. The summed E-state index contributed by atoms with van der Waals surface area (Å²) >= 11 is 5.99. The van der Waals surface area contributed by atoms with E-state index in [-0.39, 0.29) is 18.2 Å². The van der Waals surface area contributed by atoms with Gasteiger partial charge in [-0.2, -0.15) is 0 Å². The second-order valence-corrected chi connectivity index (χ2v) is 8.57. The minimum atomic E-state index is -1.09. The van der Waals surface area contributed by atoms with E-state index in [0.717, 1.165) is 49.1 Å². The fourth-order valence-corrected chi connectivity index (χ4v) is 4.44. The highest BCUT2D eigenvalue weighted by Crippen LogP contribution is 2.43. The summed E-state index contributed by atoms with van der Waals surface area (Å²) in [5.41, 5.74) is 3.48. The summed E-state index contributed by atoms with van der Waals surface area (Å²) in [7, 11) is 0. The molecule has 1 heterocycles. The summed E-state index contributed by atoms with van der Waals surface area (Å²) in [6, 6.07) is 11.8. The van der Waals surface area contributed by atoms with Crippen LogP contribution in [0.4, 0.5) is 4.79 Å². The number of carbonyl (C=O) groups excluding carboxylic acids is 1. The molecule has 1 aromatic heterocycles. The van der Waals surface area contributed by atoms with Crippen LogP contribution < -0.4 is 5.32 Å². The molecule has 2 saturated carbocycles. The van der Waals surface area contributed by atoms with Crippen LogP contribution in [0.15, 0.2) is 36.4 Å². The maximum absolute atomic E-state index is 13.3. The molecule has 2 N–H and O–H groups in total. The molecule has 0 spiro atoms. The lowest BCUT2D eigenvalue weighted by Gasteiger charge is -2.28. The normalized spacial score (nSPS) is 21.6. The van der Waals surface area contributed by atoms with Gasteiger partial charge in [-0.1, -0.05) is 29.8 Å². The average molecular weight is 413 g/mol. The van der Waals surface area contributed by atoms with Gasteiger partial charge in [0.15, 0.2) is 5.78 Å². The molecule has 4 rings (SSSR count). The summed E-state index contributed by atoms with van der Waals surface area (Å²) in [5, 5.41) is 11.9. The topological polar surface area (TPSA) is 79.3 Å². The van der Waals surface area contributed by atoms with Gasteiger partial charge < -0.3 is 10.4 Å². The van der Waals surface area contributed by atoms with E-state index in [2.05, 4.69) is 22.4 Å². The number of nitrogens with zero attached hydrogens (tertiary/aromatic N) is 1.